The summed E-state index contributed by atoms with van der Waals surface area (Å²) < 4.78 is 8.52. The summed E-state index contributed by atoms with van der Waals surface area (Å²) in [5, 5.41) is 12.1. The zero-order valence-electron chi connectivity index (χ0n) is 17.0. The first-order valence-corrected chi connectivity index (χ1v) is 9.46. The number of ether oxygens (including phenoxy) is 1. The SMILES string of the molecule is CCOc1ccc(/C=C(/C#N)C(=O)Nc2c(C)n(C)n(-c3ccccc3)c2=O)cc1. The average molecular weight is 402 g/mol. The van der Waals surface area contributed by atoms with E-state index in [4.69, 9.17) is 4.74 Å². The lowest BCUT2D eigenvalue weighted by atomic mass is 10.1. The molecule has 0 spiro atoms. The van der Waals surface area contributed by atoms with Crippen LogP contribution < -0.4 is 15.6 Å². The zero-order chi connectivity index (χ0) is 21.7. The molecule has 1 amide bonds. The standard InChI is InChI=1S/C23H22N4O3/c1-4-30-20-12-10-17(11-13-20)14-18(15-24)22(28)25-21-16(2)26(3)27(23(21)29)19-8-6-5-7-9-19/h5-14H,4H2,1-3H3,(H,25,28)/b18-14-. The Balaban J connectivity index is 1.89. The van der Waals surface area contributed by atoms with Crippen molar-refractivity contribution in [3.05, 3.63) is 81.8 Å². The number of carbonyl (C=O) groups is 1. The molecule has 1 N–H and O–H groups in total. The van der Waals surface area contributed by atoms with Gasteiger partial charge in [0.25, 0.3) is 11.5 Å². The molecule has 0 aliphatic rings. The predicted molar refractivity (Wildman–Crippen MR) is 116 cm³/mol. The van der Waals surface area contributed by atoms with Crippen LogP contribution in [0.15, 0.2) is 65.0 Å². The summed E-state index contributed by atoms with van der Waals surface area (Å²) in [6, 6.07) is 18.1. The van der Waals surface area contributed by atoms with Crippen LogP contribution in [0.2, 0.25) is 0 Å². The lowest BCUT2D eigenvalue weighted by molar-refractivity contribution is -0.112. The molecule has 1 aromatic heterocycles. The van der Waals surface area contributed by atoms with Gasteiger partial charge in [-0.1, -0.05) is 30.3 Å². The van der Waals surface area contributed by atoms with Crippen molar-refractivity contribution in [3.8, 4) is 17.5 Å². The molecule has 0 unspecified atom stereocenters. The van der Waals surface area contributed by atoms with E-state index in [2.05, 4.69) is 5.32 Å². The van der Waals surface area contributed by atoms with E-state index in [1.54, 1.807) is 55.1 Å². The van der Waals surface area contributed by atoms with E-state index in [1.807, 2.05) is 31.2 Å². The average Bonchev–Trinajstić information content (AvgIpc) is 2.97. The van der Waals surface area contributed by atoms with Gasteiger partial charge in [-0.05, 0) is 49.8 Å². The lowest BCUT2D eigenvalue weighted by Gasteiger charge is -2.07. The van der Waals surface area contributed by atoms with E-state index in [0.29, 0.717) is 29.3 Å². The van der Waals surface area contributed by atoms with Crippen LogP contribution in [0, 0.1) is 18.3 Å². The molecule has 30 heavy (non-hydrogen) atoms. The summed E-state index contributed by atoms with van der Waals surface area (Å²) in [6.07, 6.45) is 1.47. The third kappa shape index (κ3) is 4.18. The normalized spacial score (nSPS) is 11.1. The number of hydrogen-bond donors (Lipinski definition) is 1. The van der Waals surface area contributed by atoms with E-state index in [0.717, 1.165) is 0 Å². The van der Waals surface area contributed by atoms with Crippen molar-refractivity contribution in [1.29, 1.82) is 5.26 Å². The van der Waals surface area contributed by atoms with Crippen molar-refractivity contribution in [1.82, 2.24) is 9.36 Å². The van der Waals surface area contributed by atoms with Crippen LogP contribution >= 0.6 is 0 Å². The number of benzene rings is 2. The molecule has 0 atom stereocenters. The van der Waals surface area contributed by atoms with Gasteiger partial charge in [0.2, 0.25) is 0 Å². The maximum atomic E-state index is 12.9. The summed E-state index contributed by atoms with van der Waals surface area (Å²) in [5.41, 5.74) is 1.60. The number of aromatic nitrogens is 2. The van der Waals surface area contributed by atoms with E-state index >= 15 is 0 Å². The van der Waals surface area contributed by atoms with E-state index in [9.17, 15) is 14.9 Å². The van der Waals surface area contributed by atoms with Crippen LogP contribution in [-0.2, 0) is 11.8 Å². The third-order valence-corrected chi connectivity index (χ3v) is 4.66. The number of amides is 1. The number of nitriles is 1. The van der Waals surface area contributed by atoms with Crippen molar-refractivity contribution in [2.24, 2.45) is 7.05 Å². The second-order valence-corrected chi connectivity index (χ2v) is 6.56. The van der Waals surface area contributed by atoms with Gasteiger partial charge in [-0.25, -0.2) is 4.68 Å². The summed E-state index contributed by atoms with van der Waals surface area (Å²) in [4.78, 5) is 25.6. The molecule has 7 nitrogen and oxygen atoms in total. The van der Waals surface area contributed by atoms with Gasteiger partial charge in [0.1, 0.15) is 23.1 Å². The number of nitrogens with zero attached hydrogens (tertiary/aromatic N) is 3. The van der Waals surface area contributed by atoms with Crippen LogP contribution in [0.1, 0.15) is 18.2 Å². The molecule has 0 aliphatic carbocycles. The molecular weight excluding hydrogens is 380 g/mol. The summed E-state index contributed by atoms with van der Waals surface area (Å²) in [5.74, 6) is 0.0661. The maximum absolute atomic E-state index is 12.9. The van der Waals surface area contributed by atoms with Gasteiger partial charge in [0, 0.05) is 7.05 Å². The fraction of sp³-hybridized carbons (Fsp3) is 0.174. The molecule has 0 aliphatic heterocycles. The van der Waals surface area contributed by atoms with Crippen molar-refractivity contribution >= 4 is 17.7 Å². The molecule has 2 aromatic carbocycles. The monoisotopic (exact) mass is 402 g/mol. The largest absolute Gasteiger partial charge is 0.494 e. The fourth-order valence-electron chi connectivity index (χ4n) is 3.04. The first-order valence-electron chi connectivity index (χ1n) is 9.46. The van der Waals surface area contributed by atoms with Crippen molar-refractivity contribution < 1.29 is 9.53 Å². The summed E-state index contributed by atoms with van der Waals surface area (Å²) >= 11 is 0. The highest BCUT2D eigenvalue weighted by Crippen LogP contribution is 2.17. The molecule has 0 bridgehead atoms. The minimum atomic E-state index is -0.641. The molecule has 0 saturated carbocycles. The quantitative estimate of drug-likeness (QED) is 0.505. The molecule has 1 heterocycles. The maximum Gasteiger partial charge on any atom is 0.295 e. The minimum Gasteiger partial charge on any atom is -0.494 e. The van der Waals surface area contributed by atoms with Crippen LogP contribution in [0.4, 0.5) is 5.69 Å². The minimum absolute atomic E-state index is 0.104. The van der Waals surface area contributed by atoms with Gasteiger partial charge in [-0.3, -0.25) is 14.3 Å². The van der Waals surface area contributed by atoms with Crippen LogP contribution in [0.25, 0.3) is 11.8 Å². The molecule has 0 saturated heterocycles. The van der Waals surface area contributed by atoms with Gasteiger partial charge in [0.05, 0.1) is 18.0 Å². The first kappa shape index (κ1) is 20.7. The molecule has 152 valence electrons. The van der Waals surface area contributed by atoms with Gasteiger partial charge < -0.3 is 10.1 Å². The van der Waals surface area contributed by atoms with Gasteiger partial charge in [-0.15, -0.1) is 0 Å². The first-order chi connectivity index (χ1) is 14.5. The Bertz CT molecular complexity index is 1180. The van der Waals surface area contributed by atoms with Crippen molar-refractivity contribution in [2.45, 2.75) is 13.8 Å². The molecular formula is C23H22N4O3. The van der Waals surface area contributed by atoms with E-state index < -0.39 is 5.91 Å². The number of carbonyl (C=O) groups excluding carboxylic acids is 1. The van der Waals surface area contributed by atoms with Crippen LogP contribution in [0.3, 0.4) is 0 Å². The van der Waals surface area contributed by atoms with Crippen molar-refractivity contribution in [2.75, 3.05) is 11.9 Å². The van der Waals surface area contributed by atoms with Gasteiger partial charge in [-0.2, -0.15) is 5.26 Å². The fourth-order valence-corrected chi connectivity index (χ4v) is 3.04. The second kappa shape index (κ2) is 8.97. The second-order valence-electron chi connectivity index (χ2n) is 6.56. The smallest absolute Gasteiger partial charge is 0.295 e. The topological polar surface area (TPSA) is 89.0 Å². The van der Waals surface area contributed by atoms with E-state index in [-0.39, 0.29) is 16.8 Å². The Morgan fingerprint density at radius 3 is 2.43 bits per heavy atom. The van der Waals surface area contributed by atoms with Crippen LogP contribution in [0.5, 0.6) is 5.75 Å². The Morgan fingerprint density at radius 2 is 1.83 bits per heavy atom. The molecule has 0 fully saturated rings. The Kier molecular flexibility index (Phi) is 6.18. The summed E-state index contributed by atoms with van der Waals surface area (Å²) in [6.45, 7) is 4.18. The van der Waals surface area contributed by atoms with Gasteiger partial charge >= 0.3 is 0 Å². The highest BCUT2D eigenvalue weighted by molar-refractivity contribution is 6.09. The Hall–Kier alpha value is -4.05. The molecule has 7 heteroatoms. The zero-order valence-corrected chi connectivity index (χ0v) is 17.0. The highest BCUT2D eigenvalue weighted by Gasteiger charge is 2.19. The molecule has 3 aromatic rings. The van der Waals surface area contributed by atoms with Crippen molar-refractivity contribution in [3.63, 3.8) is 0 Å². The number of rotatable bonds is 6. The number of anilines is 1. The van der Waals surface area contributed by atoms with E-state index in [1.165, 1.54) is 10.8 Å². The van der Waals surface area contributed by atoms with Gasteiger partial charge in [0.15, 0.2) is 0 Å². The van der Waals surface area contributed by atoms with Crippen LogP contribution in [-0.4, -0.2) is 21.9 Å². The molecule has 3 rings (SSSR count). The Morgan fingerprint density at radius 1 is 1.17 bits per heavy atom. The number of para-hydroxylation sites is 1. The number of nitrogens with one attached hydrogen (secondary N) is 1. The predicted octanol–water partition coefficient (Wildman–Crippen LogP) is 3.43. The summed E-state index contributed by atoms with van der Waals surface area (Å²) in [7, 11) is 1.74. The molecule has 0 radical (unpaired) electrons. The highest BCUT2D eigenvalue weighted by atomic mass is 16.5. The Labute approximate surface area is 174 Å². The number of hydrogen-bond acceptors (Lipinski definition) is 4. The lowest BCUT2D eigenvalue weighted by Crippen LogP contribution is -2.23. The third-order valence-electron chi connectivity index (χ3n) is 4.66.